The van der Waals surface area contributed by atoms with Crippen molar-refractivity contribution in [2.75, 3.05) is 19.8 Å². The van der Waals surface area contributed by atoms with Crippen molar-refractivity contribution in [2.24, 2.45) is 0 Å². The molecule has 1 radical (unpaired) electrons. The molecule has 0 rings (SSSR count). The van der Waals surface area contributed by atoms with Crippen molar-refractivity contribution in [2.45, 2.75) is 44.6 Å². The van der Waals surface area contributed by atoms with Crippen LogP contribution < -0.4 is 0 Å². The fourth-order valence-corrected chi connectivity index (χ4v) is 0.369. The van der Waals surface area contributed by atoms with Gasteiger partial charge in [-0.25, -0.2) is 14.4 Å². The summed E-state index contributed by atoms with van der Waals surface area (Å²) >= 11 is 0. The Labute approximate surface area is 139 Å². The maximum Gasteiger partial charge on any atom is 0.344 e. The third-order valence-electron chi connectivity index (χ3n) is 0.837. The van der Waals surface area contributed by atoms with Gasteiger partial charge < -0.3 is 19.7 Å². The van der Waals surface area contributed by atoms with Crippen LogP contribution in [-0.4, -0.2) is 47.9 Å². The smallest absolute Gasteiger partial charge is 0.344 e. The maximum atomic E-state index is 10.5. The molecule has 0 saturated carbocycles. The van der Waals surface area contributed by atoms with Crippen LogP contribution in [0.5, 0.6) is 0 Å². The Morgan fingerprint density at radius 1 is 0.750 bits per heavy atom. The molecule has 8 heteroatoms. The van der Waals surface area contributed by atoms with E-state index in [1.165, 1.54) is 0 Å². The number of carbonyl (C=O) groups is 3. The zero-order chi connectivity index (χ0) is 10.3. The van der Waals surface area contributed by atoms with Crippen LogP contribution in [0.2, 0.25) is 0 Å². The van der Waals surface area contributed by atoms with E-state index < -0.39 is 37.7 Å². The van der Waals surface area contributed by atoms with E-state index in [0.29, 0.717) is 0 Å². The summed E-state index contributed by atoms with van der Waals surface area (Å²) < 4.78 is 8.23. The van der Waals surface area contributed by atoms with E-state index >= 15 is 0 Å². The summed E-state index contributed by atoms with van der Waals surface area (Å²) in [4.78, 5) is 30.7. The number of carboxylic acid groups (broad SMARTS) is 1. The van der Waals surface area contributed by atoms with E-state index in [1.807, 2.05) is 0 Å². The number of carboxylic acids is 1. The molecule has 0 aliphatic rings. The summed E-state index contributed by atoms with van der Waals surface area (Å²) in [7, 11) is 0. The molecule has 0 aromatic heterocycles. The van der Waals surface area contributed by atoms with Crippen molar-refractivity contribution in [1.82, 2.24) is 0 Å². The number of hydrogen-bond donors (Lipinski definition) is 2. The van der Waals surface area contributed by atoms with Gasteiger partial charge in [-0.05, 0) is 0 Å². The average Bonchev–Trinajstić information content (AvgIpc) is 2.10. The van der Waals surface area contributed by atoms with E-state index in [1.54, 1.807) is 0 Å². The molecule has 0 amide bonds. The van der Waals surface area contributed by atoms with Gasteiger partial charge in [-0.15, -0.1) is 0 Å². The van der Waals surface area contributed by atoms with Crippen LogP contribution in [0.3, 0.4) is 0 Å². The van der Waals surface area contributed by atoms with Gasteiger partial charge in [-0.1, -0.05) is 44.6 Å². The van der Waals surface area contributed by atoms with E-state index in [4.69, 9.17) is 10.2 Å². The summed E-state index contributed by atoms with van der Waals surface area (Å²) in [6.07, 6.45) is 0. The number of aliphatic hydroxyl groups is 1. The molecule has 7 nitrogen and oxygen atoms in total. The number of rotatable bonds is 5. The van der Waals surface area contributed by atoms with Gasteiger partial charge in [0.05, 0.1) is 0 Å². The van der Waals surface area contributed by atoms with Gasteiger partial charge >= 0.3 is 17.9 Å². The van der Waals surface area contributed by atoms with Gasteiger partial charge in [0.25, 0.3) is 0 Å². The summed E-state index contributed by atoms with van der Waals surface area (Å²) in [5.74, 6) is -3.27. The molecular formula is C12H32AgO7. The molecule has 133 valence electrons. The predicted molar refractivity (Wildman–Crippen MR) is 77.0 cm³/mol. The number of carbonyl (C=O) groups excluding carboxylic acids is 2. The maximum absolute atomic E-state index is 10.5. The summed E-state index contributed by atoms with van der Waals surface area (Å²) in [5, 5.41) is 16.2. The first kappa shape index (κ1) is 50.8. The Bertz CT molecular complexity index is 220. The van der Waals surface area contributed by atoms with Crippen LogP contribution in [0.15, 0.2) is 0 Å². The molecule has 0 aliphatic heterocycles. The molecule has 20 heavy (non-hydrogen) atoms. The molecule has 0 heterocycles. The van der Waals surface area contributed by atoms with Gasteiger partial charge in [0, 0.05) is 22.4 Å². The number of aliphatic hydroxyl groups excluding tert-OH is 1. The molecule has 0 aliphatic carbocycles. The predicted octanol–water partition coefficient (Wildman–Crippen LogP) is 1.96. The van der Waals surface area contributed by atoms with Gasteiger partial charge in [-0.2, -0.15) is 0 Å². The summed E-state index contributed by atoms with van der Waals surface area (Å²) in [5.41, 5.74) is 0. The Morgan fingerprint density at radius 2 is 1.10 bits per heavy atom. The first-order valence-corrected chi connectivity index (χ1v) is 3.20. The fraction of sp³-hybridized carbons (Fsp3) is 0.750. The molecule has 0 aromatic carbocycles. The normalized spacial score (nSPS) is 5.85. The summed E-state index contributed by atoms with van der Waals surface area (Å²) in [6, 6.07) is 0. The largest absolute Gasteiger partial charge is 0.479 e. The van der Waals surface area contributed by atoms with E-state index in [9.17, 15) is 14.4 Å². The van der Waals surface area contributed by atoms with Gasteiger partial charge in [-0.3, -0.25) is 0 Å². The second kappa shape index (κ2) is 30.8. The fourth-order valence-electron chi connectivity index (χ4n) is 0.369. The number of esters is 2. The third-order valence-corrected chi connectivity index (χ3v) is 0.837. The molecule has 2 N–H and O–H groups in total. The van der Waals surface area contributed by atoms with Crippen LogP contribution in [-0.2, 0) is 46.2 Å². The van der Waals surface area contributed by atoms with Crippen LogP contribution in [0, 0.1) is 0 Å². The molecule has 0 spiro atoms. The number of hydrogen-bond acceptors (Lipinski definition) is 6. The quantitative estimate of drug-likeness (QED) is 0.540. The minimum atomic E-state index is -1.30. The van der Waals surface area contributed by atoms with E-state index in [2.05, 4.69) is 9.47 Å². The second-order valence-electron chi connectivity index (χ2n) is 1.87. The molecule has 0 saturated heterocycles. The second-order valence-corrected chi connectivity index (χ2v) is 1.87. The van der Waals surface area contributed by atoms with Crippen molar-refractivity contribution in [1.29, 1.82) is 0 Å². The monoisotopic (exact) mass is 395 g/mol. The van der Waals surface area contributed by atoms with Gasteiger partial charge in [0.1, 0.15) is 6.61 Å². The van der Waals surface area contributed by atoms with Crippen molar-refractivity contribution in [3.8, 4) is 0 Å². The average molecular weight is 396 g/mol. The van der Waals surface area contributed by atoms with Crippen LogP contribution in [0.25, 0.3) is 0 Å². The van der Waals surface area contributed by atoms with Crippen molar-refractivity contribution in [3.63, 3.8) is 0 Å². The minimum Gasteiger partial charge on any atom is -0.479 e. The molecule has 0 fully saturated rings. The first-order valence-electron chi connectivity index (χ1n) is 3.20. The SMILES string of the molecule is C.C.C.C.C.C.O=C(O)COC(=O)COC(=O)CO.[Ag]. The third kappa shape index (κ3) is 36.0. The van der Waals surface area contributed by atoms with Crippen molar-refractivity contribution >= 4 is 17.9 Å². The van der Waals surface area contributed by atoms with Crippen molar-refractivity contribution in [3.05, 3.63) is 0 Å². The van der Waals surface area contributed by atoms with Crippen molar-refractivity contribution < 1.29 is 56.5 Å². The Morgan fingerprint density at radius 3 is 1.40 bits per heavy atom. The zero-order valence-corrected chi connectivity index (χ0v) is 8.34. The van der Waals surface area contributed by atoms with Crippen LogP contribution in [0.4, 0.5) is 0 Å². The van der Waals surface area contributed by atoms with Gasteiger partial charge in [0.2, 0.25) is 0 Å². The van der Waals surface area contributed by atoms with E-state index in [0.717, 1.165) is 0 Å². The first-order chi connectivity index (χ1) is 6.06. The zero-order valence-electron chi connectivity index (χ0n) is 6.86. The molecule has 0 atom stereocenters. The number of aliphatic carboxylic acids is 1. The molecule has 0 aromatic rings. The Hall–Kier alpha value is -0.890. The Kier molecular flexibility index (Phi) is 78.3. The number of ether oxygens (including phenoxy) is 2. The summed E-state index contributed by atoms with van der Waals surface area (Å²) in [6.45, 7) is -2.33. The van der Waals surface area contributed by atoms with Crippen LogP contribution in [0.1, 0.15) is 44.6 Å². The molecule has 0 bridgehead atoms. The minimum absolute atomic E-state index is 0. The van der Waals surface area contributed by atoms with Gasteiger partial charge in [0.15, 0.2) is 13.2 Å². The molecular weight excluding hydrogens is 364 g/mol. The van der Waals surface area contributed by atoms with E-state index in [-0.39, 0.29) is 66.9 Å². The topological polar surface area (TPSA) is 110 Å². The standard InChI is InChI=1S/C6H8O7.6CH4.Ag/c7-1-5(10)13-3-6(11)12-2-4(8)9;;;;;;;/h7H,1-3H2,(H,8,9);6*1H4;. The van der Waals surface area contributed by atoms with Crippen LogP contribution >= 0.6 is 0 Å². The Balaban J connectivity index is -0.0000000343. The molecule has 0 unspecified atom stereocenters.